The van der Waals surface area contributed by atoms with Gasteiger partial charge in [0, 0.05) is 19.8 Å². The normalized spacial score (nSPS) is 10.5. The van der Waals surface area contributed by atoms with Crippen LogP contribution in [0.3, 0.4) is 0 Å². The fourth-order valence-electron chi connectivity index (χ4n) is 1.94. The first-order chi connectivity index (χ1) is 10.1. The quantitative estimate of drug-likeness (QED) is 0.381. The minimum atomic E-state index is 0.512. The Hall–Kier alpha value is -0.520. The van der Waals surface area contributed by atoms with Gasteiger partial charge in [-0.15, -0.1) is 0 Å². The molecule has 2 aromatic carbocycles. The van der Waals surface area contributed by atoms with Gasteiger partial charge in [-0.25, -0.2) is 0 Å². The van der Waals surface area contributed by atoms with Crippen LogP contribution in [0.15, 0.2) is 45.3 Å². The van der Waals surface area contributed by atoms with Crippen molar-refractivity contribution in [3.63, 3.8) is 0 Å². The van der Waals surface area contributed by atoms with Gasteiger partial charge in [0.2, 0.25) is 0 Å². The summed E-state index contributed by atoms with van der Waals surface area (Å²) in [5.41, 5.74) is 2.24. The van der Waals surface area contributed by atoms with E-state index in [0.29, 0.717) is 13.2 Å². The number of rotatable bonds is 6. The molecule has 2 aromatic rings. The highest BCUT2D eigenvalue weighted by Crippen LogP contribution is 2.29. The summed E-state index contributed by atoms with van der Waals surface area (Å²) < 4.78 is 13.6. The molecule has 0 aromatic heterocycles. The van der Waals surface area contributed by atoms with Gasteiger partial charge in [0.1, 0.15) is 24.7 Å². The molecule has 0 N–H and O–H groups in total. The number of aryl methyl sites for hydroxylation is 1. The van der Waals surface area contributed by atoms with E-state index in [-0.39, 0.29) is 0 Å². The molecule has 5 heteroatoms. The summed E-state index contributed by atoms with van der Waals surface area (Å²) in [6.07, 6.45) is 0. The molecule has 21 heavy (non-hydrogen) atoms. The van der Waals surface area contributed by atoms with E-state index in [1.807, 2.05) is 31.2 Å². The van der Waals surface area contributed by atoms with Crippen molar-refractivity contribution in [1.29, 1.82) is 0 Å². The third kappa shape index (κ3) is 5.01. The molecule has 0 aliphatic heterocycles. The summed E-state index contributed by atoms with van der Waals surface area (Å²) in [6.45, 7) is 3.07. The Morgan fingerprint density at radius 1 is 0.905 bits per heavy atom. The molecule has 112 valence electrons. The number of hydrogen-bond donors (Lipinski definition) is 0. The van der Waals surface area contributed by atoms with Crippen LogP contribution in [0.1, 0.15) is 11.1 Å². The zero-order chi connectivity index (χ0) is 15.2. The molecular formula is C16H15Br3O2. The van der Waals surface area contributed by atoms with Crippen molar-refractivity contribution in [3.8, 4) is 11.5 Å². The zero-order valence-corrected chi connectivity index (χ0v) is 16.3. The van der Waals surface area contributed by atoms with Crippen molar-refractivity contribution >= 4 is 47.8 Å². The highest BCUT2D eigenvalue weighted by molar-refractivity contribution is 9.10. The van der Waals surface area contributed by atoms with E-state index in [1.54, 1.807) is 0 Å². The van der Waals surface area contributed by atoms with Crippen LogP contribution in [0.25, 0.3) is 0 Å². The van der Waals surface area contributed by atoms with Crippen molar-refractivity contribution in [2.24, 2.45) is 0 Å². The lowest BCUT2D eigenvalue weighted by molar-refractivity contribution is 0.215. The van der Waals surface area contributed by atoms with E-state index in [2.05, 4.69) is 59.9 Å². The average Bonchev–Trinajstić information content (AvgIpc) is 2.46. The van der Waals surface area contributed by atoms with Gasteiger partial charge < -0.3 is 9.47 Å². The van der Waals surface area contributed by atoms with Gasteiger partial charge in [-0.3, -0.25) is 0 Å². The summed E-state index contributed by atoms with van der Waals surface area (Å²) in [4.78, 5) is 0. The standard InChI is InChI=1S/C16H15Br3O2/c1-11-8-14(19)9-12(10-17)16(11)21-7-6-20-15-4-2-13(18)3-5-15/h2-5,8-9H,6-7,10H2,1H3. The molecule has 0 aliphatic carbocycles. The van der Waals surface area contributed by atoms with Gasteiger partial charge in [0.15, 0.2) is 0 Å². The molecule has 2 rings (SSSR count). The van der Waals surface area contributed by atoms with Gasteiger partial charge in [-0.2, -0.15) is 0 Å². The van der Waals surface area contributed by atoms with Crippen LogP contribution >= 0.6 is 47.8 Å². The largest absolute Gasteiger partial charge is 0.490 e. The number of benzene rings is 2. The molecule has 0 radical (unpaired) electrons. The Labute approximate surface area is 150 Å². The SMILES string of the molecule is Cc1cc(Br)cc(CBr)c1OCCOc1ccc(Br)cc1. The van der Waals surface area contributed by atoms with Crippen LogP contribution in [-0.4, -0.2) is 13.2 Å². The summed E-state index contributed by atoms with van der Waals surface area (Å²) in [5, 5.41) is 0.760. The molecule has 0 spiro atoms. The van der Waals surface area contributed by atoms with Crippen molar-refractivity contribution in [2.75, 3.05) is 13.2 Å². The number of hydrogen-bond acceptors (Lipinski definition) is 2. The average molecular weight is 479 g/mol. The van der Waals surface area contributed by atoms with Crippen molar-refractivity contribution in [1.82, 2.24) is 0 Å². The van der Waals surface area contributed by atoms with E-state index in [9.17, 15) is 0 Å². The highest BCUT2D eigenvalue weighted by Gasteiger charge is 2.08. The molecule has 0 atom stereocenters. The lowest BCUT2D eigenvalue weighted by atomic mass is 10.1. The second-order valence-corrected chi connectivity index (χ2v) is 6.89. The Morgan fingerprint density at radius 3 is 2.24 bits per heavy atom. The smallest absolute Gasteiger partial charge is 0.126 e. The third-order valence-corrected chi connectivity index (χ3v) is 4.46. The summed E-state index contributed by atoms with van der Waals surface area (Å²) in [5.74, 6) is 1.77. The maximum Gasteiger partial charge on any atom is 0.126 e. The second kappa shape index (κ2) is 8.20. The summed E-state index contributed by atoms with van der Waals surface area (Å²) in [6, 6.07) is 11.9. The molecular weight excluding hydrogens is 464 g/mol. The van der Waals surface area contributed by atoms with Crippen molar-refractivity contribution in [3.05, 3.63) is 56.5 Å². The number of ether oxygens (including phenoxy) is 2. The first-order valence-electron chi connectivity index (χ1n) is 6.46. The van der Waals surface area contributed by atoms with E-state index in [1.165, 1.54) is 0 Å². The maximum absolute atomic E-state index is 5.87. The van der Waals surface area contributed by atoms with Gasteiger partial charge in [0.05, 0.1) is 0 Å². The molecule has 0 bridgehead atoms. The molecule has 0 unspecified atom stereocenters. The summed E-state index contributed by atoms with van der Waals surface area (Å²) >= 11 is 10.4. The van der Waals surface area contributed by atoms with Crippen molar-refractivity contribution in [2.45, 2.75) is 12.3 Å². The monoisotopic (exact) mass is 476 g/mol. The van der Waals surface area contributed by atoms with E-state index in [0.717, 1.165) is 36.9 Å². The van der Waals surface area contributed by atoms with Crippen LogP contribution in [0.5, 0.6) is 11.5 Å². The van der Waals surface area contributed by atoms with Gasteiger partial charge in [0.25, 0.3) is 0 Å². The predicted octanol–water partition coefficient (Wildman–Crippen LogP) is 5.87. The van der Waals surface area contributed by atoms with Gasteiger partial charge >= 0.3 is 0 Å². The van der Waals surface area contributed by atoms with Gasteiger partial charge in [-0.05, 0) is 48.9 Å². The Bertz CT molecular complexity index is 597. The second-order valence-electron chi connectivity index (χ2n) is 4.50. The number of halogens is 3. The lowest BCUT2D eigenvalue weighted by Gasteiger charge is -2.14. The van der Waals surface area contributed by atoms with Crippen LogP contribution in [0, 0.1) is 6.92 Å². The summed E-state index contributed by atoms with van der Waals surface area (Å²) in [7, 11) is 0. The predicted molar refractivity (Wildman–Crippen MR) is 96.6 cm³/mol. The number of alkyl halides is 1. The fourth-order valence-corrected chi connectivity index (χ4v) is 3.24. The molecule has 0 fully saturated rings. The minimum absolute atomic E-state index is 0.512. The first kappa shape index (κ1) is 16.8. The highest BCUT2D eigenvalue weighted by atomic mass is 79.9. The molecule has 0 saturated heterocycles. The Balaban J connectivity index is 1.90. The molecule has 0 saturated carbocycles. The minimum Gasteiger partial charge on any atom is -0.490 e. The first-order valence-corrected chi connectivity index (χ1v) is 9.17. The van der Waals surface area contributed by atoms with Crippen LogP contribution in [-0.2, 0) is 5.33 Å². The van der Waals surface area contributed by atoms with E-state index in [4.69, 9.17) is 9.47 Å². The third-order valence-electron chi connectivity index (χ3n) is 2.87. The molecule has 0 aliphatic rings. The topological polar surface area (TPSA) is 18.5 Å². The van der Waals surface area contributed by atoms with Crippen LogP contribution in [0.4, 0.5) is 0 Å². The molecule has 0 heterocycles. The molecule has 0 amide bonds. The Morgan fingerprint density at radius 2 is 1.57 bits per heavy atom. The Kier molecular flexibility index (Phi) is 6.58. The van der Waals surface area contributed by atoms with Crippen LogP contribution < -0.4 is 9.47 Å². The zero-order valence-electron chi connectivity index (χ0n) is 11.5. The van der Waals surface area contributed by atoms with E-state index < -0.39 is 0 Å². The van der Waals surface area contributed by atoms with Crippen molar-refractivity contribution < 1.29 is 9.47 Å². The fraction of sp³-hybridized carbons (Fsp3) is 0.250. The van der Waals surface area contributed by atoms with Gasteiger partial charge in [-0.1, -0.05) is 47.8 Å². The van der Waals surface area contributed by atoms with Crippen LogP contribution in [0.2, 0.25) is 0 Å². The maximum atomic E-state index is 5.87. The van der Waals surface area contributed by atoms with E-state index >= 15 is 0 Å². The molecule has 2 nitrogen and oxygen atoms in total. The lowest BCUT2D eigenvalue weighted by Crippen LogP contribution is -2.10.